The molecule has 3 unspecified atom stereocenters. The number of rotatable bonds is 4. The van der Waals surface area contributed by atoms with Gasteiger partial charge in [0.1, 0.15) is 6.10 Å². The van der Waals surface area contributed by atoms with Crippen molar-refractivity contribution >= 4 is 28.6 Å². The van der Waals surface area contributed by atoms with Crippen LogP contribution >= 0.6 is 22.6 Å². The van der Waals surface area contributed by atoms with Gasteiger partial charge in [0.25, 0.3) is 0 Å². The molecule has 0 fully saturated rings. The molecule has 0 amide bonds. The molecular formula is C9H17IO2. The van der Waals surface area contributed by atoms with E-state index in [0.717, 1.165) is 6.42 Å². The van der Waals surface area contributed by atoms with E-state index in [1.54, 1.807) is 0 Å². The fourth-order valence-corrected chi connectivity index (χ4v) is 0.707. The number of hydrogen-bond donors (Lipinski definition) is 0. The summed E-state index contributed by atoms with van der Waals surface area (Å²) in [6.07, 6.45) is 0.869. The Kier molecular flexibility index (Phi) is 5.88. The third-order valence-corrected chi connectivity index (χ3v) is 2.98. The highest BCUT2D eigenvalue weighted by atomic mass is 127. The van der Waals surface area contributed by atoms with Crippen LogP contribution in [-0.4, -0.2) is 16.0 Å². The molecule has 0 aromatic heterocycles. The molecule has 72 valence electrons. The zero-order valence-corrected chi connectivity index (χ0v) is 10.3. The minimum Gasteiger partial charge on any atom is -0.461 e. The average molecular weight is 284 g/mol. The van der Waals surface area contributed by atoms with Crippen molar-refractivity contribution in [3.8, 4) is 0 Å². The number of ether oxygens (including phenoxy) is 1. The van der Waals surface area contributed by atoms with Crippen LogP contribution in [0.4, 0.5) is 0 Å². The molecule has 0 aromatic carbocycles. The fraction of sp³-hybridized carbons (Fsp3) is 0.889. The van der Waals surface area contributed by atoms with Crippen molar-refractivity contribution in [1.82, 2.24) is 0 Å². The molecular weight excluding hydrogens is 267 g/mol. The third-order valence-electron chi connectivity index (χ3n) is 1.96. The largest absolute Gasteiger partial charge is 0.461 e. The first-order valence-corrected chi connectivity index (χ1v) is 5.58. The number of alkyl halides is 1. The molecule has 0 bridgehead atoms. The number of carbonyl (C=O) groups excluding carboxylic acids is 1. The first-order valence-electron chi connectivity index (χ1n) is 4.33. The molecule has 0 aromatic rings. The quantitative estimate of drug-likeness (QED) is 0.451. The smallest absolute Gasteiger partial charge is 0.308 e. The average Bonchev–Trinajstić information content (AvgIpc) is 2.02. The van der Waals surface area contributed by atoms with Crippen molar-refractivity contribution < 1.29 is 9.53 Å². The van der Waals surface area contributed by atoms with Crippen molar-refractivity contribution in [2.75, 3.05) is 0 Å². The molecule has 0 saturated carbocycles. The Morgan fingerprint density at radius 3 is 2.25 bits per heavy atom. The molecule has 3 heteroatoms. The summed E-state index contributed by atoms with van der Waals surface area (Å²) >= 11 is 2.26. The standard InChI is InChI=1S/C9H17IO2/c1-5-6(2)9(11)12-8(4)7(3)10/h6-8H,5H2,1-4H3. The molecule has 0 saturated heterocycles. The van der Waals surface area contributed by atoms with E-state index < -0.39 is 0 Å². The van der Waals surface area contributed by atoms with Crippen LogP contribution in [0.1, 0.15) is 34.1 Å². The van der Waals surface area contributed by atoms with Gasteiger partial charge in [0.05, 0.1) is 5.92 Å². The zero-order valence-electron chi connectivity index (χ0n) is 8.13. The van der Waals surface area contributed by atoms with Crippen molar-refractivity contribution in [2.24, 2.45) is 5.92 Å². The topological polar surface area (TPSA) is 26.3 Å². The normalized spacial score (nSPS) is 18.1. The van der Waals surface area contributed by atoms with E-state index in [1.807, 2.05) is 27.7 Å². The number of hydrogen-bond acceptors (Lipinski definition) is 2. The minimum atomic E-state index is -0.0754. The minimum absolute atomic E-state index is 0.0205. The van der Waals surface area contributed by atoms with E-state index in [2.05, 4.69) is 22.6 Å². The van der Waals surface area contributed by atoms with Gasteiger partial charge in [-0.2, -0.15) is 0 Å². The van der Waals surface area contributed by atoms with E-state index in [9.17, 15) is 4.79 Å². The van der Waals surface area contributed by atoms with E-state index >= 15 is 0 Å². The first-order chi connectivity index (χ1) is 5.49. The lowest BCUT2D eigenvalue weighted by atomic mass is 10.1. The predicted octanol–water partition coefficient (Wildman–Crippen LogP) is 2.79. The Morgan fingerprint density at radius 1 is 1.42 bits per heavy atom. The molecule has 0 aliphatic heterocycles. The molecule has 0 aliphatic rings. The van der Waals surface area contributed by atoms with Crippen molar-refractivity contribution in [3.05, 3.63) is 0 Å². The van der Waals surface area contributed by atoms with Gasteiger partial charge < -0.3 is 4.74 Å². The second kappa shape index (κ2) is 5.78. The van der Waals surface area contributed by atoms with Crippen molar-refractivity contribution in [3.63, 3.8) is 0 Å². The molecule has 0 heterocycles. The number of esters is 1. The Hall–Kier alpha value is 0.200. The first kappa shape index (κ1) is 12.2. The maximum atomic E-state index is 11.3. The lowest BCUT2D eigenvalue weighted by Crippen LogP contribution is -2.25. The molecule has 0 spiro atoms. The SMILES string of the molecule is CCC(C)C(=O)OC(C)C(C)I. The summed E-state index contributed by atoms with van der Waals surface area (Å²) in [4.78, 5) is 11.3. The lowest BCUT2D eigenvalue weighted by molar-refractivity contribution is -0.152. The highest BCUT2D eigenvalue weighted by Gasteiger charge is 2.17. The van der Waals surface area contributed by atoms with Gasteiger partial charge in [-0.05, 0) is 20.3 Å². The van der Waals surface area contributed by atoms with Crippen LogP contribution < -0.4 is 0 Å². The van der Waals surface area contributed by atoms with Crippen LogP contribution in [0.15, 0.2) is 0 Å². The highest BCUT2D eigenvalue weighted by Crippen LogP contribution is 2.12. The summed E-state index contributed by atoms with van der Waals surface area (Å²) in [5, 5.41) is 0. The van der Waals surface area contributed by atoms with Crippen molar-refractivity contribution in [2.45, 2.75) is 44.1 Å². The molecule has 0 aliphatic carbocycles. The number of carbonyl (C=O) groups is 1. The third kappa shape index (κ3) is 4.28. The highest BCUT2D eigenvalue weighted by molar-refractivity contribution is 14.1. The maximum absolute atomic E-state index is 11.3. The predicted molar refractivity (Wildman–Crippen MR) is 58.5 cm³/mol. The van der Waals surface area contributed by atoms with Crippen LogP contribution in [-0.2, 0) is 9.53 Å². The molecule has 0 N–H and O–H groups in total. The lowest BCUT2D eigenvalue weighted by Gasteiger charge is -2.17. The van der Waals surface area contributed by atoms with Gasteiger partial charge in [-0.1, -0.05) is 36.4 Å². The van der Waals surface area contributed by atoms with Gasteiger partial charge in [0, 0.05) is 3.92 Å². The van der Waals surface area contributed by atoms with Gasteiger partial charge in [0.2, 0.25) is 0 Å². The summed E-state index contributed by atoms with van der Waals surface area (Å²) in [5.74, 6) is -0.0453. The zero-order chi connectivity index (χ0) is 9.72. The monoisotopic (exact) mass is 284 g/mol. The second-order valence-corrected chi connectivity index (χ2v) is 5.09. The molecule has 2 nitrogen and oxygen atoms in total. The van der Waals surface area contributed by atoms with E-state index in [-0.39, 0.29) is 18.0 Å². The van der Waals surface area contributed by atoms with E-state index in [1.165, 1.54) is 0 Å². The Morgan fingerprint density at radius 2 is 1.92 bits per heavy atom. The van der Waals surface area contributed by atoms with Crippen molar-refractivity contribution in [1.29, 1.82) is 0 Å². The van der Waals surface area contributed by atoms with Gasteiger partial charge in [-0.3, -0.25) is 4.79 Å². The molecule has 0 radical (unpaired) electrons. The van der Waals surface area contributed by atoms with Gasteiger partial charge in [-0.25, -0.2) is 0 Å². The Balaban J connectivity index is 3.84. The van der Waals surface area contributed by atoms with Crippen LogP contribution in [0, 0.1) is 5.92 Å². The van der Waals surface area contributed by atoms with Crippen LogP contribution in [0.2, 0.25) is 0 Å². The van der Waals surface area contributed by atoms with Gasteiger partial charge in [-0.15, -0.1) is 0 Å². The van der Waals surface area contributed by atoms with Crippen LogP contribution in [0.5, 0.6) is 0 Å². The Bertz CT molecular complexity index is 145. The van der Waals surface area contributed by atoms with Crippen LogP contribution in [0.3, 0.4) is 0 Å². The van der Waals surface area contributed by atoms with Crippen LogP contribution in [0.25, 0.3) is 0 Å². The summed E-state index contributed by atoms with van der Waals surface area (Å²) in [6.45, 7) is 7.85. The Labute approximate surface area is 88.2 Å². The van der Waals surface area contributed by atoms with Gasteiger partial charge >= 0.3 is 5.97 Å². The molecule has 3 atom stereocenters. The fourth-order valence-electron chi connectivity index (χ4n) is 0.560. The summed E-state index contributed by atoms with van der Waals surface area (Å²) in [7, 11) is 0. The second-order valence-electron chi connectivity index (χ2n) is 3.13. The summed E-state index contributed by atoms with van der Waals surface area (Å²) < 4.78 is 5.59. The van der Waals surface area contributed by atoms with Gasteiger partial charge in [0.15, 0.2) is 0 Å². The summed E-state index contributed by atoms with van der Waals surface area (Å²) in [6, 6.07) is 0. The molecule has 12 heavy (non-hydrogen) atoms. The maximum Gasteiger partial charge on any atom is 0.308 e. The van der Waals surface area contributed by atoms with E-state index in [0.29, 0.717) is 3.92 Å². The van der Waals surface area contributed by atoms with E-state index in [4.69, 9.17) is 4.74 Å². The summed E-state index contributed by atoms with van der Waals surface area (Å²) in [5.41, 5.74) is 0. The number of halogens is 1. The molecule has 0 rings (SSSR count).